The molecule has 9 heteroatoms. The van der Waals surface area contributed by atoms with E-state index >= 15 is 0 Å². The standard InChI is InChI=1S/C19H25N5O3.ClH/c1-2-9-24-16-15(18(26)23-19(24)27)13(10-14(22-16)11-3-4-11)17(25)21-12-5-7-20-8-6-12;/h10-12,20H,2-9H2,1H3,(H,21,25)(H,23,26,27);1H. The van der Waals surface area contributed by atoms with Crippen molar-refractivity contribution in [1.82, 2.24) is 25.2 Å². The van der Waals surface area contributed by atoms with Gasteiger partial charge in [-0.25, -0.2) is 9.78 Å². The molecule has 2 aliphatic rings. The number of aromatic amines is 1. The first-order chi connectivity index (χ1) is 13.1. The second kappa shape index (κ2) is 8.45. The molecule has 4 rings (SSSR count). The molecule has 1 amide bonds. The number of aromatic nitrogens is 3. The molecule has 152 valence electrons. The average Bonchev–Trinajstić information content (AvgIpc) is 3.50. The molecule has 0 aromatic carbocycles. The molecule has 2 aromatic heterocycles. The third-order valence-electron chi connectivity index (χ3n) is 5.33. The SMILES string of the molecule is CCCn1c(=O)[nH]c(=O)c2c(C(=O)NC3CCNCC3)cc(C3CC3)nc21.Cl. The number of carbonyl (C=O) groups excluding carboxylic acids is 1. The van der Waals surface area contributed by atoms with E-state index in [2.05, 4.69) is 20.6 Å². The molecule has 2 fully saturated rings. The van der Waals surface area contributed by atoms with Gasteiger partial charge < -0.3 is 10.6 Å². The molecule has 0 unspecified atom stereocenters. The van der Waals surface area contributed by atoms with Crippen molar-refractivity contribution in [1.29, 1.82) is 0 Å². The van der Waals surface area contributed by atoms with Crippen molar-refractivity contribution in [3.05, 3.63) is 38.2 Å². The number of nitrogens with zero attached hydrogens (tertiary/aromatic N) is 2. The highest BCUT2D eigenvalue weighted by atomic mass is 35.5. The van der Waals surface area contributed by atoms with E-state index in [-0.39, 0.29) is 29.7 Å². The summed E-state index contributed by atoms with van der Waals surface area (Å²) in [4.78, 5) is 44.9. The molecule has 2 aromatic rings. The molecule has 3 heterocycles. The van der Waals surface area contributed by atoms with E-state index in [1.807, 2.05) is 6.92 Å². The lowest BCUT2D eigenvalue weighted by Gasteiger charge is -2.24. The van der Waals surface area contributed by atoms with Crippen LogP contribution in [0.15, 0.2) is 15.7 Å². The van der Waals surface area contributed by atoms with E-state index < -0.39 is 11.2 Å². The zero-order valence-corrected chi connectivity index (χ0v) is 16.7. The Morgan fingerprint density at radius 3 is 2.61 bits per heavy atom. The largest absolute Gasteiger partial charge is 0.349 e. The third kappa shape index (κ3) is 3.98. The van der Waals surface area contributed by atoms with Gasteiger partial charge in [0.25, 0.3) is 11.5 Å². The molecule has 0 radical (unpaired) electrons. The highest BCUT2D eigenvalue weighted by molar-refractivity contribution is 6.05. The predicted molar refractivity (Wildman–Crippen MR) is 109 cm³/mol. The number of hydrogen-bond acceptors (Lipinski definition) is 5. The van der Waals surface area contributed by atoms with E-state index in [1.54, 1.807) is 6.07 Å². The lowest BCUT2D eigenvalue weighted by atomic mass is 10.0. The van der Waals surface area contributed by atoms with E-state index in [1.165, 1.54) is 4.57 Å². The number of nitrogens with one attached hydrogen (secondary N) is 3. The minimum absolute atomic E-state index is 0. The van der Waals surface area contributed by atoms with Crippen molar-refractivity contribution in [2.45, 2.75) is 57.5 Å². The Hall–Kier alpha value is -2.19. The highest BCUT2D eigenvalue weighted by Gasteiger charge is 2.29. The molecular weight excluding hydrogens is 382 g/mol. The van der Waals surface area contributed by atoms with E-state index in [9.17, 15) is 14.4 Å². The van der Waals surface area contributed by atoms with Gasteiger partial charge in [-0.05, 0) is 51.3 Å². The van der Waals surface area contributed by atoms with Crippen molar-refractivity contribution in [3.8, 4) is 0 Å². The monoisotopic (exact) mass is 407 g/mol. The van der Waals surface area contributed by atoms with Crippen LogP contribution in [-0.2, 0) is 6.54 Å². The summed E-state index contributed by atoms with van der Waals surface area (Å²) in [7, 11) is 0. The maximum absolute atomic E-state index is 13.0. The van der Waals surface area contributed by atoms with Crippen LogP contribution in [-0.4, -0.2) is 39.6 Å². The lowest BCUT2D eigenvalue weighted by Crippen LogP contribution is -2.43. The summed E-state index contributed by atoms with van der Waals surface area (Å²) in [5.74, 6) is 0.0488. The van der Waals surface area contributed by atoms with Gasteiger partial charge in [0.2, 0.25) is 0 Å². The second-order valence-electron chi connectivity index (χ2n) is 7.48. The first-order valence-electron chi connectivity index (χ1n) is 9.77. The molecule has 3 N–H and O–H groups in total. The number of pyridine rings is 1. The highest BCUT2D eigenvalue weighted by Crippen LogP contribution is 2.39. The predicted octanol–water partition coefficient (Wildman–Crippen LogP) is 1.28. The molecule has 0 atom stereocenters. The van der Waals surface area contributed by atoms with E-state index in [4.69, 9.17) is 0 Å². The van der Waals surface area contributed by atoms with Gasteiger partial charge in [-0.15, -0.1) is 12.4 Å². The zero-order chi connectivity index (χ0) is 19.0. The summed E-state index contributed by atoms with van der Waals surface area (Å²) in [5.41, 5.74) is 0.428. The van der Waals surface area contributed by atoms with Crippen LogP contribution in [0.3, 0.4) is 0 Å². The first-order valence-corrected chi connectivity index (χ1v) is 9.77. The second-order valence-corrected chi connectivity index (χ2v) is 7.48. The molecule has 0 bridgehead atoms. The molecule has 0 spiro atoms. The molecule has 8 nitrogen and oxygen atoms in total. The van der Waals surface area contributed by atoms with Crippen molar-refractivity contribution in [3.63, 3.8) is 0 Å². The zero-order valence-electron chi connectivity index (χ0n) is 15.9. The summed E-state index contributed by atoms with van der Waals surface area (Å²) in [6.45, 7) is 4.14. The van der Waals surface area contributed by atoms with Gasteiger partial charge in [-0.2, -0.15) is 0 Å². The van der Waals surface area contributed by atoms with Crippen LogP contribution in [0.5, 0.6) is 0 Å². The Labute approximate surface area is 168 Å². The van der Waals surface area contributed by atoms with Crippen molar-refractivity contribution in [2.24, 2.45) is 0 Å². The normalized spacial score (nSPS) is 17.3. The van der Waals surface area contributed by atoms with Gasteiger partial charge in [0.1, 0.15) is 0 Å². The molecule has 1 aliphatic heterocycles. The maximum atomic E-state index is 13.0. The Morgan fingerprint density at radius 2 is 1.96 bits per heavy atom. The van der Waals surface area contributed by atoms with E-state index in [0.717, 1.165) is 50.9 Å². The van der Waals surface area contributed by atoms with Crippen LogP contribution in [0, 0.1) is 0 Å². The molecular formula is C19H26ClN5O3. The molecule has 1 aliphatic carbocycles. The Kier molecular flexibility index (Phi) is 6.20. The molecule has 1 saturated heterocycles. The Morgan fingerprint density at radius 1 is 1.25 bits per heavy atom. The lowest BCUT2D eigenvalue weighted by molar-refractivity contribution is 0.0931. The summed E-state index contributed by atoms with van der Waals surface area (Å²) in [6, 6.07) is 1.83. The Bertz CT molecular complexity index is 989. The number of halogens is 1. The number of carbonyl (C=O) groups is 1. The van der Waals surface area contributed by atoms with Crippen LogP contribution >= 0.6 is 12.4 Å². The summed E-state index contributed by atoms with van der Waals surface area (Å²) >= 11 is 0. The van der Waals surface area contributed by atoms with Crippen molar-refractivity contribution >= 4 is 29.3 Å². The number of aryl methyl sites for hydroxylation is 1. The van der Waals surface area contributed by atoms with Gasteiger partial charge >= 0.3 is 5.69 Å². The quantitative estimate of drug-likeness (QED) is 0.691. The van der Waals surface area contributed by atoms with Crippen LogP contribution in [0.1, 0.15) is 61.0 Å². The van der Waals surface area contributed by atoms with Crippen molar-refractivity contribution < 1.29 is 4.79 Å². The number of rotatable bonds is 5. The van der Waals surface area contributed by atoms with Gasteiger partial charge in [-0.1, -0.05) is 6.92 Å². The summed E-state index contributed by atoms with van der Waals surface area (Å²) < 4.78 is 1.48. The van der Waals surface area contributed by atoms with Crippen molar-refractivity contribution in [2.75, 3.05) is 13.1 Å². The van der Waals surface area contributed by atoms with Crippen LogP contribution in [0.4, 0.5) is 0 Å². The fourth-order valence-corrected chi connectivity index (χ4v) is 3.72. The van der Waals surface area contributed by atoms with Crippen LogP contribution in [0.2, 0.25) is 0 Å². The smallest absolute Gasteiger partial charge is 0.329 e. The molecule has 1 saturated carbocycles. The van der Waals surface area contributed by atoms with Gasteiger partial charge in [-0.3, -0.25) is 19.1 Å². The number of hydrogen-bond donors (Lipinski definition) is 3. The maximum Gasteiger partial charge on any atom is 0.329 e. The van der Waals surface area contributed by atoms with Gasteiger partial charge in [0.05, 0.1) is 10.9 Å². The van der Waals surface area contributed by atoms with Gasteiger partial charge in [0.15, 0.2) is 5.65 Å². The first kappa shape index (κ1) is 20.5. The fourth-order valence-electron chi connectivity index (χ4n) is 3.72. The number of H-pyrrole nitrogens is 1. The fraction of sp³-hybridized carbons (Fsp3) is 0.579. The van der Waals surface area contributed by atoms with Crippen LogP contribution in [0.25, 0.3) is 11.0 Å². The van der Waals surface area contributed by atoms with E-state index in [0.29, 0.717) is 23.7 Å². The number of amides is 1. The molecule has 28 heavy (non-hydrogen) atoms. The number of piperidine rings is 1. The average molecular weight is 408 g/mol. The minimum atomic E-state index is -0.548. The Balaban J connectivity index is 0.00000225. The summed E-state index contributed by atoms with van der Waals surface area (Å²) in [6.07, 6.45) is 4.50. The van der Waals surface area contributed by atoms with Crippen LogP contribution < -0.4 is 21.9 Å². The minimum Gasteiger partial charge on any atom is -0.349 e. The summed E-state index contributed by atoms with van der Waals surface area (Å²) in [5, 5.41) is 6.54. The van der Waals surface area contributed by atoms with Gasteiger partial charge in [0, 0.05) is 24.2 Å². The topological polar surface area (TPSA) is 109 Å². The third-order valence-corrected chi connectivity index (χ3v) is 5.33. The number of fused-ring (bicyclic) bond motifs is 1.